The van der Waals surface area contributed by atoms with E-state index in [-0.39, 0.29) is 24.0 Å². The predicted octanol–water partition coefficient (Wildman–Crippen LogP) is 1.47. The number of carbonyl (C=O) groups excluding carboxylic acids is 1. The second-order valence-corrected chi connectivity index (χ2v) is 5.90. The van der Waals surface area contributed by atoms with Crippen molar-refractivity contribution in [1.82, 2.24) is 20.6 Å². The Morgan fingerprint density at radius 1 is 1.17 bits per heavy atom. The van der Waals surface area contributed by atoms with Crippen LogP contribution in [-0.2, 0) is 11.2 Å². The normalized spacial score (nSPS) is 15.3. The van der Waals surface area contributed by atoms with E-state index in [1.165, 1.54) is 0 Å². The molecule has 3 rings (SSSR count). The van der Waals surface area contributed by atoms with Crippen LogP contribution in [0.15, 0.2) is 23.0 Å². The lowest BCUT2D eigenvalue weighted by molar-refractivity contribution is -0.122. The van der Waals surface area contributed by atoms with Crippen LogP contribution in [0.5, 0.6) is 0 Å². The van der Waals surface area contributed by atoms with Crippen molar-refractivity contribution >= 4 is 29.3 Å². The van der Waals surface area contributed by atoms with E-state index in [9.17, 15) is 9.59 Å². The molecule has 0 atom stereocenters. The molecule has 126 valence electrons. The topological polar surface area (TPSA) is 89.8 Å². The fourth-order valence-electron chi connectivity index (χ4n) is 2.95. The number of fused-ring (bicyclic) bond motifs is 1. The first-order valence-corrected chi connectivity index (χ1v) is 7.92. The maximum absolute atomic E-state index is 11.9. The highest BCUT2D eigenvalue weighted by molar-refractivity contribution is 5.85. The number of hydrogen-bond acceptors (Lipinski definition) is 3. The summed E-state index contributed by atoms with van der Waals surface area (Å²) >= 11 is 0. The van der Waals surface area contributed by atoms with E-state index < -0.39 is 0 Å². The highest BCUT2D eigenvalue weighted by Crippen LogP contribution is 2.12. The van der Waals surface area contributed by atoms with Crippen LogP contribution in [0.3, 0.4) is 0 Å². The monoisotopic (exact) mass is 338 g/mol. The molecule has 1 aromatic heterocycles. The fraction of sp³-hybridized carbons (Fsp3) is 0.500. The molecular weight excluding hydrogens is 316 g/mol. The smallest absolute Gasteiger partial charge is 0.323 e. The Morgan fingerprint density at radius 3 is 2.70 bits per heavy atom. The number of hydrogen-bond donors (Lipinski definition) is 4. The first-order chi connectivity index (χ1) is 10.7. The molecule has 1 aliphatic heterocycles. The number of piperidine rings is 1. The van der Waals surface area contributed by atoms with Gasteiger partial charge in [-0.2, -0.15) is 0 Å². The zero-order valence-corrected chi connectivity index (χ0v) is 13.8. The van der Waals surface area contributed by atoms with Crippen molar-refractivity contribution < 1.29 is 4.79 Å². The van der Waals surface area contributed by atoms with Crippen molar-refractivity contribution in [3.8, 4) is 0 Å². The van der Waals surface area contributed by atoms with Crippen LogP contribution in [0.25, 0.3) is 11.0 Å². The largest absolute Gasteiger partial charge is 0.353 e. The minimum absolute atomic E-state index is 0. The molecule has 2 aromatic rings. The summed E-state index contributed by atoms with van der Waals surface area (Å²) in [6.45, 7) is 1.97. The standard InChI is InChI=1S/C16H22N4O2.ClH/c21-15(18-12-6-8-17-9-7-12)3-1-2-11-4-5-13-14(10-11)20-16(22)19-13;/h4-5,10,12,17H,1-3,6-9H2,(H,18,21)(H2,19,20,22);1H. The van der Waals surface area contributed by atoms with E-state index in [0.29, 0.717) is 12.5 Å². The molecule has 1 amide bonds. The number of benzene rings is 1. The highest BCUT2D eigenvalue weighted by Gasteiger charge is 2.14. The van der Waals surface area contributed by atoms with Gasteiger partial charge >= 0.3 is 5.69 Å². The number of aryl methyl sites for hydroxylation is 1. The number of carbonyl (C=O) groups is 1. The number of aromatic amines is 2. The summed E-state index contributed by atoms with van der Waals surface area (Å²) in [4.78, 5) is 28.6. The van der Waals surface area contributed by atoms with Crippen molar-refractivity contribution in [2.45, 2.75) is 38.1 Å². The van der Waals surface area contributed by atoms with E-state index in [1.807, 2.05) is 18.2 Å². The second kappa shape index (κ2) is 8.17. The summed E-state index contributed by atoms with van der Waals surface area (Å²) in [5.74, 6) is 0.142. The third-order valence-electron chi connectivity index (χ3n) is 4.15. The van der Waals surface area contributed by atoms with Gasteiger partial charge in [0.05, 0.1) is 11.0 Å². The maximum Gasteiger partial charge on any atom is 0.323 e. The number of aromatic nitrogens is 2. The number of rotatable bonds is 5. The van der Waals surface area contributed by atoms with Gasteiger partial charge in [0, 0.05) is 12.5 Å². The van der Waals surface area contributed by atoms with Crippen LogP contribution >= 0.6 is 12.4 Å². The van der Waals surface area contributed by atoms with E-state index in [1.54, 1.807) is 0 Å². The molecule has 6 nitrogen and oxygen atoms in total. The Bertz CT molecular complexity index is 703. The van der Waals surface area contributed by atoms with Gasteiger partial charge in [0.2, 0.25) is 5.91 Å². The van der Waals surface area contributed by atoms with Crippen molar-refractivity contribution in [3.63, 3.8) is 0 Å². The van der Waals surface area contributed by atoms with Gasteiger partial charge in [-0.25, -0.2) is 4.79 Å². The second-order valence-electron chi connectivity index (χ2n) is 5.90. The Balaban J connectivity index is 0.00000192. The van der Waals surface area contributed by atoms with Crippen LogP contribution < -0.4 is 16.3 Å². The summed E-state index contributed by atoms with van der Waals surface area (Å²) in [6.07, 6.45) is 4.23. The highest BCUT2D eigenvalue weighted by atomic mass is 35.5. The summed E-state index contributed by atoms with van der Waals surface area (Å²) < 4.78 is 0. The lowest BCUT2D eigenvalue weighted by Gasteiger charge is -2.23. The van der Waals surface area contributed by atoms with Gasteiger partial charge in [-0.3, -0.25) is 4.79 Å². The zero-order chi connectivity index (χ0) is 15.4. The minimum atomic E-state index is -0.187. The number of nitrogens with one attached hydrogen (secondary N) is 4. The van der Waals surface area contributed by atoms with E-state index in [0.717, 1.165) is 55.4 Å². The van der Waals surface area contributed by atoms with E-state index >= 15 is 0 Å². The maximum atomic E-state index is 11.9. The summed E-state index contributed by atoms with van der Waals surface area (Å²) in [7, 11) is 0. The van der Waals surface area contributed by atoms with Crippen LogP contribution in [0.2, 0.25) is 0 Å². The molecule has 1 aliphatic rings. The van der Waals surface area contributed by atoms with Crippen LogP contribution in [0.4, 0.5) is 0 Å². The first kappa shape index (κ1) is 17.6. The fourth-order valence-corrected chi connectivity index (χ4v) is 2.95. The van der Waals surface area contributed by atoms with Crippen molar-refractivity contribution in [2.24, 2.45) is 0 Å². The number of halogens is 1. The molecule has 7 heteroatoms. The third kappa shape index (κ3) is 4.84. The molecule has 0 saturated carbocycles. The lowest BCUT2D eigenvalue weighted by atomic mass is 10.1. The third-order valence-corrected chi connectivity index (χ3v) is 4.15. The molecule has 0 bridgehead atoms. The lowest BCUT2D eigenvalue weighted by Crippen LogP contribution is -2.42. The Kier molecular flexibility index (Phi) is 6.24. The van der Waals surface area contributed by atoms with Gasteiger partial charge in [0.15, 0.2) is 0 Å². The first-order valence-electron chi connectivity index (χ1n) is 7.92. The van der Waals surface area contributed by atoms with Crippen molar-refractivity contribution in [3.05, 3.63) is 34.2 Å². The van der Waals surface area contributed by atoms with E-state index in [2.05, 4.69) is 20.6 Å². The molecule has 1 saturated heterocycles. The number of amides is 1. The number of imidazole rings is 1. The summed E-state index contributed by atoms with van der Waals surface area (Å²) in [5.41, 5.74) is 2.59. The summed E-state index contributed by atoms with van der Waals surface area (Å²) in [6, 6.07) is 6.20. The molecule has 23 heavy (non-hydrogen) atoms. The summed E-state index contributed by atoms with van der Waals surface area (Å²) in [5, 5.41) is 6.40. The Morgan fingerprint density at radius 2 is 1.91 bits per heavy atom. The van der Waals surface area contributed by atoms with Gasteiger partial charge in [-0.1, -0.05) is 6.07 Å². The zero-order valence-electron chi connectivity index (χ0n) is 13.0. The molecule has 1 fully saturated rings. The average molecular weight is 339 g/mol. The van der Waals surface area contributed by atoms with Gasteiger partial charge in [-0.15, -0.1) is 12.4 Å². The van der Waals surface area contributed by atoms with E-state index in [4.69, 9.17) is 0 Å². The molecule has 0 aliphatic carbocycles. The molecule has 0 unspecified atom stereocenters. The molecule has 0 radical (unpaired) electrons. The Hall–Kier alpha value is -1.79. The average Bonchev–Trinajstić information content (AvgIpc) is 2.87. The van der Waals surface area contributed by atoms with Gasteiger partial charge in [-0.05, 0) is 56.5 Å². The molecule has 2 heterocycles. The quantitative estimate of drug-likeness (QED) is 0.665. The van der Waals surface area contributed by atoms with Gasteiger partial charge < -0.3 is 20.6 Å². The predicted molar refractivity (Wildman–Crippen MR) is 93.1 cm³/mol. The van der Waals surface area contributed by atoms with Crippen LogP contribution in [0, 0.1) is 0 Å². The molecule has 4 N–H and O–H groups in total. The van der Waals surface area contributed by atoms with Crippen LogP contribution in [0.1, 0.15) is 31.2 Å². The Labute approximate surface area is 140 Å². The molecular formula is C16H23ClN4O2. The molecule has 0 spiro atoms. The SMILES string of the molecule is Cl.O=C(CCCc1ccc2[nH]c(=O)[nH]c2c1)NC1CCNCC1. The van der Waals surface area contributed by atoms with Gasteiger partial charge in [0.25, 0.3) is 0 Å². The van der Waals surface area contributed by atoms with Crippen molar-refractivity contribution in [2.75, 3.05) is 13.1 Å². The van der Waals surface area contributed by atoms with Gasteiger partial charge in [0.1, 0.15) is 0 Å². The van der Waals surface area contributed by atoms with Crippen LogP contribution in [-0.4, -0.2) is 35.0 Å². The number of H-pyrrole nitrogens is 2. The van der Waals surface area contributed by atoms with Crippen molar-refractivity contribution in [1.29, 1.82) is 0 Å². The minimum Gasteiger partial charge on any atom is -0.353 e. The molecule has 1 aromatic carbocycles.